The number of hydrogen-bond acceptors (Lipinski definition) is 2. The van der Waals surface area contributed by atoms with Crippen molar-refractivity contribution in [2.24, 2.45) is 0 Å². The molecular formula is C20H22ClFN2O2. The Labute approximate surface area is 158 Å². The quantitative estimate of drug-likeness (QED) is 0.835. The number of anilines is 2. The van der Waals surface area contributed by atoms with E-state index in [0.717, 1.165) is 11.6 Å². The minimum atomic E-state index is -0.581. The van der Waals surface area contributed by atoms with Crippen LogP contribution < -0.4 is 10.2 Å². The molecule has 0 saturated heterocycles. The molecule has 0 saturated carbocycles. The molecule has 26 heavy (non-hydrogen) atoms. The van der Waals surface area contributed by atoms with Crippen molar-refractivity contribution in [1.82, 2.24) is 0 Å². The predicted molar refractivity (Wildman–Crippen MR) is 103 cm³/mol. The molecule has 0 spiro atoms. The molecule has 0 aliphatic rings. The molecule has 0 unspecified atom stereocenters. The Kier molecular flexibility index (Phi) is 6.03. The molecule has 1 N–H and O–H groups in total. The van der Waals surface area contributed by atoms with E-state index >= 15 is 0 Å². The van der Waals surface area contributed by atoms with Crippen LogP contribution in [0.5, 0.6) is 0 Å². The van der Waals surface area contributed by atoms with Crippen molar-refractivity contribution in [3.63, 3.8) is 0 Å². The van der Waals surface area contributed by atoms with Crippen LogP contribution in [0.3, 0.4) is 0 Å². The number of nitrogens with one attached hydrogen (secondary N) is 1. The first kappa shape index (κ1) is 19.9. The van der Waals surface area contributed by atoms with E-state index in [1.54, 1.807) is 0 Å². The molecule has 2 rings (SSSR count). The van der Waals surface area contributed by atoms with Crippen LogP contribution in [0, 0.1) is 5.82 Å². The summed E-state index contributed by atoms with van der Waals surface area (Å²) in [7, 11) is 0. The number of carbonyl (C=O) groups excluding carboxylic acids is 2. The van der Waals surface area contributed by atoms with Gasteiger partial charge in [0.15, 0.2) is 0 Å². The highest BCUT2D eigenvalue weighted by molar-refractivity contribution is 6.31. The van der Waals surface area contributed by atoms with Gasteiger partial charge in [-0.3, -0.25) is 9.59 Å². The van der Waals surface area contributed by atoms with Crippen molar-refractivity contribution in [2.45, 2.75) is 33.1 Å². The molecule has 6 heteroatoms. The van der Waals surface area contributed by atoms with Crippen molar-refractivity contribution >= 4 is 34.8 Å². The topological polar surface area (TPSA) is 49.4 Å². The maximum absolute atomic E-state index is 13.3. The summed E-state index contributed by atoms with van der Waals surface area (Å²) in [6.07, 6.45) is 0. The lowest BCUT2D eigenvalue weighted by molar-refractivity contribution is -0.120. The normalized spacial score (nSPS) is 11.2. The van der Waals surface area contributed by atoms with Gasteiger partial charge in [-0.2, -0.15) is 0 Å². The second-order valence-corrected chi connectivity index (χ2v) is 7.49. The van der Waals surface area contributed by atoms with Crippen molar-refractivity contribution < 1.29 is 14.0 Å². The fraction of sp³-hybridized carbons (Fsp3) is 0.300. The van der Waals surface area contributed by atoms with Crippen LogP contribution in [0.1, 0.15) is 33.3 Å². The van der Waals surface area contributed by atoms with Gasteiger partial charge in [-0.1, -0.05) is 44.5 Å². The molecule has 4 nitrogen and oxygen atoms in total. The molecule has 138 valence electrons. The third kappa shape index (κ3) is 5.05. The van der Waals surface area contributed by atoms with Crippen molar-refractivity contribution in [1.29, 1.82) is 0 Å². The van der Waals surface area contributed by atoms with E-state index in [2.05, 4.69) is 26.1 Å². The van der Waals surface area contributed by atoms with Gasteiger partial charge in [0.1, 0.15) is 12.4 Å². The Morgan fingerprint density at radius 2 is 1.73 bits per heavy atom. The second-order valence-electron chi connectivity index (χ2n) is 7.08. The fourth-order valence-electron chi connectivity index (χ4n) is 2.44. The van der Waals surface area contributed by atoms with Crippen LogP contribution in [-0.4, -0.2) is 18.4 Å². The van der Waals surface area contributed by atoms with Gasteiger partial charge in [-0.15, -0.1) is 0 Å². The van der Waals surface area contributed by atoms with Crippen LogP contribution >= 0.6 is 11.6 Å². The summed E-state index contributed by atoms with van der Waals surface area (Å²) >= 11 is 5.77. The zero-order valence-electron chi connectivity index (χ0n) is 15.3. The second kappa shape index (κ2) is 7.87. The lowest BCUT2D eigenvalue weighted by Gasteiger charge is -2.21. The first-order valence-electron chi connectivity index (χ1n) is 8.21. The van der Waals surface area contributed by atoms with E-state index in [4.69, 9.17) is 11.6 Å². The molecule has 2 aromatic carbocycles. The third-order valence-electron chi connectivity index (χ3n) is 3.93. The molecule has 0 aliphatic carbocycles. The van der Waals surface area contributed by atoms with Crippen LogP contribution in [0.25, 0.3) is 0 Å². The molecule has 0 bridgehead atoms. The zero-order valence-corrected chi connectivity index (χ0v) is 16.0. The van der Waals surface area contributed by atoms with Crippen LogP contribution in [0.4, 0.5) is 15.8 Å². The summed E-state index contributed by atoms with van der Waals surface area (Å²) in [6.45, 7) is 7.47. The Balaban J connectivity index is 2.10. The Morgan fingerprint density at radius 3 is 2.23 bits per heavy atom. The summed E-state index contributed by atoms with van der Waals surface area (Å²) in [6, 6.07) is 11.5. The number of benzene rings is 2. The summed E-state index contributed by atoms with van der Waals surface area (Å²) in [4.78, 5) is 25.5. The zero-order chi connectivity index (χ0) is 19.5. The Morgan fingerprint density at radius 1 is 1.12 bits per heavy atom. The summed E-state index contributed by atoms with van der Waals surface area (Å²) < 4.78 is 13.3. The van der Waals surface area contributed by atoms with E-state index in [1.807, 2.05) is 24.3 Å². The van der Waals surface area contributed by atoms with E-state index in [9.17, 15) is 14.0 Å². The van der Waals surface area contributed by atoms with Gasteiger partial charge in [0.2, 0.25) is 11.8 Å². The highest BCUT2D eigenvalue weighted by Gasteiger charge is 2.18. The molecule has 0 aliphatic heterocycles. The van der Waals surface area contributed by atoms with Gasteiger partial charge in [0, 0.05) is 18.3 Å². The van der Waals surface area contributed by atoms with Crippen LogP contribution in [0.2, 0.25) is 5.02 Å². The first-order chi connectivity index (χ1) is 12.1. The fourth-order valence-corrected chi connectivity index (χ4v) is 2.61. The number of nitrogens with zero attached hydrogens (tertiary/aromatic N) is 1. The van der Waals surface area contributed by atoms with E-state index in [0.29, 0.717) is 11.4 Å². The molecule has 0 aromatic heterocycles. The third-order valence-corrected chi connectivity index (χ3v) is 4.22. The van der Waals surface area contributed by atoms with Gasteiger partial charge in [-0.05, 0) is 41.3 Å². The molecule has 0 atom stereocenters. The number of carbonyl (C=O) groups is 2. The van der Waals surface area contributed by atoms with Gasteiger partial charge >= 0.3 is 0 Å². The Hall–Kier alpha value is -2.40. The molecule has 0 fully saturated rings. The van der Waals surface area contributed by atoms with E-state index in [1.165, 1.54) is 24.0 Å². The van der Waals surface area contributed by atoms with E-state index < -0.39 is 5.82 Å². The standard InChI is InChI=1S/C20H22ClFN2O2/c1-13(25)24(16-9-10-18(22)17(21)11-16)12-19(26)23-15-7-5-14(6-8-15)20(2,3)4/h5-11H,12H2,1-4H3,(H,23,26). The minimum absolute atomic E-state index is 0.0236. The maximum Gasteiger partial charge on any atom is 0.244 e. The molecule has 2 aromatic rings. The van der Waals surface area contributed by atoms with Crippen molar-refractivity contribution in [3.05, 3.63) is 58.9 Å². The molecule has 0 radical (unpaired) electrons. The van der Waals surface area contributed by atoms with Crippen LogP contribution in [-0.2, 0) is 15.0 Å². The molecule has 2 amide bonds. The lowest BCUT2D eigenvalue weighted by atomic mass is 9.87. The van der Waals surface area contributed by atoms with Gasteiger partial charge in [-0.25, -0.2) is 4.39 Å². The molecular weight excluding hydrogens is 355 g/mol. The summed E-state index contributed by atoms with van der Waals surface area (Å²) in [5.74, 6) is -1.28. The van der Waals surface area contributed by atoms with Gasteiger partial charge in [0.05, 0.1) is 5.02 Å². The lowest BCUT2D eigenvalue weighted by Crippen LogP contribution is -2.36. The predicted octanol–water partition coefficient (Wildman–Crippen LogP) is 4.77. The van der Waals surface area contributed by atoms with Crippen molar-refractivity contribution in [2.75, 3.05) is 16.8 Å². The smallest absolute Gasteiger partial charge is 0.244 e. The highest BCUT2D eigenvalue weighted by Crippen LogP contribution is 2.24. The largest absolute Gasteiger partial charge is 0.325 e. The number of amides is 2. The number of halogens is 2. The number of rotatable bonds is 4. The average Bonchev–Trinajstić information content (AvgIpc) is 2.55. The van der Waals surface area contributed by atoms with Gasteiger partial charge in [0.25, 0.3) is 0 Å². The highest BCUT2D eigenvalue weighted by atomic mass is 35.5. The van der Waals surface area contributed by atoms with Crippen LogP contribution in [0.15, 0.2) is 42.5 Å². The SMILES string of the molecule is CC(=O)N(CC(=O)Nc1ccc(C(C)(C)C)cc1)c1ccc(F)c(Cl)c1. The summed E-state index contributed by atoms with van der Waals surface area (Å²) in [5, 5.41) is 2.66. The van der Waals surface area contributed by atoms with Gasteiger partial charge < -0.3 is 10.2 Å². The Bertz CT molecular complexity index is 814. The van der Waals surface area contributed by atoms with Crippen molar-refractivity contribution in [3.8, 4) is 0 Å². The monoisotopic (exact) mass is 376 g/mol. The first-order valence-corrected chi connectivity index (χ1v) is 8.59. The average molecular weight is 377 g/mol. The molecule has 0 heterocycles. The number of hydrogen-bond donors (Lipinski definition) is 1. The minimum Gasteiger partial charge on any atom is -0.325 e. The summed E-state index contributed by atoms with van der Waals surface area (Å²) in [5.41, 5.74) is 2.18. The maximum atomic E-state index is 13.3. The van der Waals surface area contributed by atoms with E-state index in [-0.39, 0.29) is 28.8 Å².